The van der Waals surface area contributed by atoms with Gasteiger partial charge in [-0.25, -0.2) is 17.6 Å². The molecule has 0 aliphatic carbocycles. The molecule has 1 heterocycles. The number of carbonyl (C=O) groups is 1. The Hall–Kier alpha value is -2.35. The molecular formula is C11H9FN2O4S. The lowest BCUT2D eigenvalue weighted by Gasteiger charge is -2.05. The first kappa shape index (κ1) is 13.1. The van der Waals surface area contributed by atoms with Crippen molar-refractivity contribution in [1.82, 2.24) is 4.98 Å². The van der Waals surface area contributed by atoms with Crippen LogP contribution < -0.4 is 4.72 Å². The second-order valence-electron chi connectivity index (χ2n) is 3.67. The van der Waals surface area contributed by atoms with Crippen LogP contribution in [0.1, 0.15) is 10.5 Å². The maximum atomic E-state index is 12.9. The van der Waals surface area contributed by atoms with Crippen molar-refractivity contribution >= 4 is 21.7 Å². The summed E-state index contributed by atoms with van der Waals surface area (Å²) in [6.45, 7) is 0. The molecule has 0 aliphatic rings. The molecule has 0 saturated carbocycles. The van der Waals surface area contributed by atoms with E-state index in [2.05, 4.69) is 9.71 Å². The summed E-state index contributed by atoms with van der Waals surface area (Å²) < 4.78 is 38.9. The molecule has 0 saturated heterocycles. The first-order valence-electron chi connectivity index (χ1n) is 5.08. The minimum atomic E-state index is -3.95. The fraction of sp³-hybridized carbons (Fsp3) is 0. The van der Waals surface area contributed by atoms with Crippen LogP contribution in [0.25, 0.3) is 0 Å². The van der Waals surface area contributed by atoms with Gasteiger partial charge in [-0.2, -0.15) is 0 Å². The Morgan fingerprint density at radius 3 is 2.63 bits per heavy atom. The highest BCUT2D eigenvalue weighted by Crippen LogP contribution is 2.17. The second-order valence-corrected chi connectivity index (χ2v) is 5.35. The van der Waals surface area contributed by atoms with E-state index in [1.807, 2.05) is 0 Å². The van der Waals surface area contributed by atoms with Gasteiger partial charge < -0.3 is 10.1 Å². The minimum Gasteiger partial charge on any atom is -0.477 e. The fourth-order valence-corrected chi connectivity index (χ4v) is 2.46. The number of benzene rings is 1. The number of hydrogen-bond donors (Lipinski definition) is 3. The lowest BCUT2D eigenvalue weighted by Crippen LogP contribution is -2.12. The molecule has 3 N–H and O–H groups in total. The smallest absolute Gasteiger partial charge is 0.352 e. The number of aromatic amines is 1. The molecule has 19 heavy (non-hydrogen) atoms. The number of halogens is 1. The molecular weight excluding hydrogens is 275 g/mol. The molecule has 0 unspecified atom stereocenters. The quantitative estimate of drug-likeness (QED) is 0.794. The van der Waals surface area contributed by atoms with Crippen molar-refractivity contribution < 1.29 is 22.7 Å². The number of carboxylic acid groups (broad SMARTS) is 1. The van der Waals surface area contributed by atoms with Gasteiger partial charge in [-0.3, -0.25) is 4.72 Å². The second kappa shape index (κ2) is 4.73. The molecule has 0 amide bonds. The predicted octanol–water partition coefficient (Wildman–Crippen LogP) is 1.65. The van der Waals surface area contributed by atoms with Gasteiger partial charge in [0.05, 0.1) is 5.69 Å². The zero-order chi connectivity index (χ0) is 14.0. The van der Waals surface area contributed by atoms with E-state index in [4.69, 9.17) is 5.11 Å². The Morgan fingerprint density at radius 1 is 1.32 bits per heavy atom. The summed E-state index contributed by atoms with van der Waals surface area (Å²) in [5.74, 6) is -1.85. The highest BCUT2D eigenvalue weighted by atomic mass is 32.2. The van der Waals surface area contributed by atoms with E-state index in [1.54, 1.807) is 0 Å². The molecule has 8 heteroatoms. The lowest BCUT2D eigenvalue weighted by molar-refractivity contribution is 0.0691. The van der Waals surface area contributed by atoms with E-state index in [9.17, 15) is 17.6 Å². The number of carboxylic acids is 1. The minimum absolute atomic E-state index is 0.0538. The van der Waals surface area contributed by atoms with Gasteiger partial charge in [0.25, 0.3) is 10.0 Å². The number of hydrogen-bond acceptors (Lipinski definition) is 3. The van der Waals surface area contributed by atoms with E-state index >= 15 is 0 Å². The Kier molecular flexibility index (Phi) is 3.26. The molecule has 0 bridgehead atoms. The standard InChI is InChI=1S/C11H9FN2O4S/c12-7-2-1-3-8(4-7)14-19(17,18)9-5-10(11(15)16)13-6-9/h1-6,13-14H,(H,15,16). The number of aromatic carboxylic acids is 1. The van der Waals surface area contributed by atoms with Crippen LogP contribution in [0.3, 0.4) is 0 Å². The van der Waals surface area contributed by atoms with Crippen LogP contribution in [0.5, 0.6) is 0 Å². The Balaban J connectivity index is 2.29. The molecule has 0 fully saturated rings. The van der Waals surface area contributed by atoms with Gasteiger partial charge in [-0.1, -0.05) is 6.07 Å². The van der Waals surface area contributed by atoms with Gasteiger partial charge in [-0.15, -0.1) is 0 Å². The van der Waals surface area contributed by atoms with E-state index < -0.39 is 21.8 Å². The largest absolute Gasteiger partial charge is 0.477 e. The summed E-state index contributed by atoms with van der Waals surface area (Å²) in [5.41, 5.74) is -0.197. The maximum absolute atomic E-state index is 12.9. The normalized spacial score (nSPS) is 11.2. The van der Waals surface area contributed by atoms with Crippen LogP contribution in [0.15, 0.2) is 41.4 Å². The zero-order valence-corrected chi connectivity index (χ0v) is 10.2. The van der Waals surface area contributed by atoms with Gasteiger partial charge in [0, 0.05) is 6.20 Å². The SMILES string of the molecule is O=C(O)c1cc(S(=O)(=O)Nc2cccc(F)c2)c[nH]1. The van der Waals surface area contributed by atoms with Crippen LogP contribution in [-0.4, -0.2) is 24.5 Å². The van der Waals surface area contributed by atoms with Crippen LogP contribution >= 0.6 is 0 Å². The summed E-state index contributed by atoms with van der Waals surface area (Å²) in [6, 6.07) is 5.90. The molecule has 0 atom stereocenters. The molecule has 0 spiro atoms. The van der Waals surface area contributed by atoms with Crippen molar-refractivity contribution in [3.05, 3.63) is 48.0 Å². The monoisotopic (exact) mass is 284 g/mol. The molecule has 1 aromatic carbocycles. The summed E-state index contributed by atoms with van der Waals surface area (Å²) in [7, 11) is -3.95. The number of rotatable bonds is 4. The topological polar surface area (TPSA) is 99.3 Å². The Morgan fingerprint density at radius 2 is 2.05 bits per heavy atom. The highest BCUT2D eigenvalue weighted by Gasteiger charge is 2.18. The molecule has 6 nitrogen and oxygen atoms in total. The molecule has 100 valence electrons. The summed E-state index contributed by atoms with van der Waals surface area (Å²) >= 11 is 0. The first-order chi connectivity index (χ1) is 8.88. The fourth-order valence-electron chi connectivity index (χ4n) is 1.42. The third-order valence-corrected chi connectivity index (χ3v) is 3.63. The van der Waals surface area contributed by atoms with Crippen molar-refractivity contribution in [2.75, 3.05) is 4.72 Å². The van der Waals surface area contributed by atoms with Gasteiger partial charge in [-0.05, 0) is 24.3 Å². The third-order valence-electron chi connectivity index (χ3n) is 2.27. The van der Waals surface area contributed by atoms with E-state index in [0.717, 1.165) is 18.3 Å². The van der Waals surface area contributed by atoms with Crippen LogP contribution in [0, 0.1) is 5.82 Å². The van der Waals surface area contributed by atoms with Gasteiger partial charge in [0.2, 0.25) is 0 Å². The molecule has 2 rings (SSSR count). The number of aromatic nitrogens is 1. The maximum Gasteiger partial charge on any atom is 0.352 e. The predicted molar refractivity (Wildman–Crippen MR) is 65.0 cm³/mol. The number of sulfonamides is 1. The van der Waals surface area contributed by atoms with Crippen LogP contribution in [0.4, 0.5) is 10.1 Å². The molecule has 0 aliphatic heterocycles. The van der Waals surface area contributed by atoms with Gasteiger partial charge in [0.15, 0.2) is 0 Å². The van der Waals surface area contributed by atoms with Crippen molar-refractivity contribution in [2.24, 2.45) is 0 Å². The third kappa shape index (κ3) is 2.91. The Bertz CT molecular complexity index is 724. The van der Waals surface area contributed by atoms with Crippen molar-refractivity contribution in [1.29, 1.82) is 0 Å². The summed E-state index contributed by atoms with van der Waals surface area (Å²) in [6.07, 6.45) is 1.05. The molecule has 2 aromatic rings. The van der Waals surface area contributed by atoms with Crippen LogP contribution in [-0.2, 0) is 10.0 Å². The van der Waals surface area contributed by atoms with Gasteiger partial charge >= 0.3 is 5.97 Å². The van der Waals surface area contributed by atoms with Gasteiger partial charge in [0.1, 0.15) is 16.4 Å². The van der Waals surface area contributed by atoms with Crippen molar-refractivity contribution in [2.45, 2.75) is 4.90 Å². The van der Waals surface area contributed by atoms with Crippen molar-refractivity contribution in [3.8, 4) is 0 Å². The Labute approximate surface area is 107 Å². The summed E-state index contributed by atoms with van der Waals surface area (Å²) in [5, 5.41) is 8.69. The number of anilines is 1. The summed E-state index contributed by atoms with van der Waals surface area (Å²) in [4.78, 5) is 12.7. The number of H-pyrrole nitrogens is 1. The molecule has 0 radical (unpaired) electrons. The lowest BCUT2D eigenvalue weighted by atomic mass is 10.3. The average molecular weight is 284 g/mol. The van der Waals surface area contributed by atoms with E-state index in [0.29, 0.717) is 0 Å². The number of nitrogens with one attached hydrogen (secondary N) is 2. The first-order valence-corrected chi connectivity index (χ1v) is 6.57. The average Bonchev–Trinajstić information content (AvgIpc) is 2.78. The highest BCUT2D eigenvalue weighted by molar-refractivity contribution is 7.92. The zero-order valence-electron chi connectivity index (χ0n) is 9.42. The van der Waals surface area contributed by atoms with Crippen molar-refractivity contribution in [3.63, 3.8) is 0 Å². The van der Waals surface area contributed by atoms with E-state index in [-0.39, 0.29) is 16.3 Å². The molecule has 1 aromatic heterocycles. The van der Waals surface area contributed by atoms with E-state index in [1.165, 1.54) is 18.2 Å². The van der Waals surface area contributed by atoms with Crippen LogP contribution in [0.2, 0.25) is 0 Å².